The van der Waals surface area contributed by atoms with Gasteiger partial charge in [-0.15, -0.1) is 0 Å². The zero-order chi connectivity index (χ0) is 28.2. The molecular formula is C28H50N2O6S. The first-order valence-corrected chi connectivity index (χ1v) is 14.8. The van der Waals surface area contributed by atoms with Gasteiger partial charge in [-0.05, 0) is 55.4 Å². The molecule has 1 fully saturated rings. The molecule has 1 aliphatic heterocycles. The normalized spacial score (nSPS) is 18.9. The van der Waals surface area contributed by atoms with Crippen molar-refractivity contribution in [2.75, 3.05) is 24.7 Å². The maximum atomic E-state index is 13.2. The van der Waals surface area contributed by atoms with Gasteiger partial charge in [0.2, 0.25) is 5.91 Å². The van der Waals surface area contributed by atoms with Crippen LogP contribution in [0.4, 0.5) is 4.79 Å². The lowest BCUT2D eigenvalue weighted by molar-refractivity contribution is -0.131. The van der Waals surface area contributed by atoms with Crippen LogP contribution in [0.25, 0.3) is 0 Å². The SMILES string of the molecule is CC(=O)NC(CCSCCCC(C)C(=O)C(NC(=O)OCC1CCCCO1)C(C)(C)C)C(=O)C(C)(C)C. The van der Waals surface area contributed by atoms with Crippen LogP contribution >= 0.6 is 11.8 Å². The molecule has 1 aliphatic rings. The Labute approximate surface area is 228 Å². The Morgan fingerprint density at radius 1 is 1.00 bits per heavy atom. The molecule has 0 aromatic rings. The standard InChI is InChI=1S/C28H50N2O6S/c1-19(12-11-16-37-17-14-22(29-20(2)31)25(33)28(6,7)8)23(32)24(27(3,4)5)30-26(34)36-18-21-13-9-10-15-35-21/h19,21-22,24H,9-18H2,1-8H3,(H,29,31)(H,30,34). The Bertz CT molecular complexity index is 753. The minimum Gasteiger partial charge on any atom is -0.447 e. The van der Waals surface area contributed by atoms with Gasteiger partial charge in [0.05, 0.1) is 18.2 Å². The molecule has 0 radical (unpaired) electrons. The summed E-state index contributed by atoms with van der Waals surface area (Å²) in [6.07, 6.45) is 4.47. The van der Waals surface area contributed by atoms with E-state index in [4.69, 9.17) is 9.47 Å². The number of nitrogens with one attached hydrogen (secondary N) is 2. The maximum absolute atomic E-state index is 13.2. The third-order valence-corrected chi connectivity index (χ3v) is 7.58. The number of hydrogen-bond acceptors (Lipinski definition) is 7. The van der Waals surface area contributed by atoms with Crippen LogP contribution < -0.4 is 10.6 Å². The van der Waals surface area contributed by atoms with Crippen LogP contribution in [-0.4, -0.2) is 66.5 Å². The lowest BCUT2D eigenvalue weighted by atomic mass is 9.80. The van der Waals surface area contributed by atoms with Gasteiger partial charge in [0.15, 0.2) is 11.6 Å². The van der Waals surface area contributed by atoms with Gasteiger partial charge in [-0.1, -0.05) is 48.5 Å². The Morgan fingerprint density at radius 2 is 1.68 bits per heavy atom. The molecule has 9 heteroatoms. The summed E-state index contributed by atoms with van der Waals surface area (Å²) in [6, 6.07) is -1.12. The first-order chi connectivity index (χ1) is 17.1. The van der Waals surface area contributed by atoms with Gasteiger partial charge in [0, 0.05) is 24.9 Å². The van der Waals surface area contributed by atoms with Crippen molar-refractivity contribution in [3.05, 3.63) is 0 Å². The minimum absolute atomic E-state index is 0.00450. The summed E-state index contributed by atoms with van der Waals surface area (Å²) in [5, 5.41) is 5.58. The zero-order valence-corrected chi connectivity index (χ0v) is 25.1. The van der Waals surface area contributed by atoms with Gasteiger partial charge < -0.3 is 20.1 Å². The van der Waals surface area contributed by atoms with Gasteiger partial charge in [0.1, 0.15) is 6.61 Å². The smallest absolute Gasteiger partial charge is 0.407 e. The molecular weight excluding hydrogens is 492 g/mol. The van der Waals surface area contributed by atoms with Crippen molar-refractivity contribution >= 4 is 35.3 Å². The number of ether oxygens (including phenoxy) is 2. The second kappa shape index (κ2) is 15.7. The Balaban J connectivity index is 2.47. The van der Waals surface area contributed by atoms with Crippen molar-refractivity contribution in [2.45, 2.75) is 112 Å². The predicted molar refractivity (Wildman–Crippen MR) is 149 cm³/mol. The summed E-state index contributed by atoms with van der Waals surface area (Å²) in [6.45, 7) is 15.6. The number of hydrogen-bond donors (Lipinski definition) is 2. The van der Waals surface area contributed by atoms with Gasteiger partial charge >= 0.3 is 6.09 Å². The van der Waals surface area contributed by atoms with Crippen LogP contribution in [0.15, 0.2) is 0 Å². The fraction of sp³-hybridized carbons (Fsp3) is 0.857. The Kier molecular flexibility index (Phi) is 14.2. The highest BCUT2D eigenvalue weighted by Crippen LogP contribution is 2.25. The van der Waals surface area contributed by atoms with Crippen LogP contribution in [0.3, 0.4) is 0 Å². The predicted octanol–water partition coefficient (Wildman–Crippen LogP) is 4.93. The first kappa shape index (κ1) is 33.4. The van der Waals surface area contributed by atoms with Crippen molar-refractivity contribution in [1.82, 2.24) is 10.6 Å². The van der Waals surface area contributed by atoms with E-state index >= 15 is 0 Å². The van der Waals surface area contributed by atoms with E-state index in [1.807, 2.05) is 48.5 Å². The topological polar surface area (TPSA) is 111 Å². The van der Waals surface area contributed by atoms with Crippen LogP contribution in [-0.2, 0) is 23.9 Å². The van der Waals surface area contributed by atoms with Crippen molar-refractivity contribution in [3.8, 4) is 0 Å². The highest BCUT2D eigenvalue weighted by Gasteiger charge is 2.35. The third-order valence-electron chi connectivity index (χ3n) is 6.48. The lowest BCUT2D eigenvalue weighted by Crippen LogP contribution is -2.51. The molecule has 0 saturated carbocycles. The summed E-state index contributed by atoms with van der Waals surface area (Å²) in [7, 11) is 0. The fourth-order valence-corrected chi connectivity index (χ4v) is 5.22. The van der Waals surface area contributed by atoms with Gasteiger partial charge in [-0.2, -0.15) is 11.8 Å². The fourth-order valence-electron chi connectivity index (χ4n) is 4.24. The molecule has 0 spiro atoms. The summed E-state index contributed by atoms with van der Waals surface area (Å²) < 4.78 is 11.0. The first-order valence-electron chi connectivity index (χ1n) is 13.6. The van der Waals surface area contributed by atoms with Crippen molar-refractivity contribution in [1.29, 1.82) is 0 Å². The molecule has 1 rings (SSSR count). The summed E-state index contributed by atoms with van der Waals surface area (Å²) in [4.78, 5) is 49.8. The number of rotatable bonds is 14. The van der Waals surface area contributed by atoms with Crippen LogP contribution in [0.2, 0.25) is 0 Å². The average molecular weight is 543 g/mol. The second-order valence-electron chi connectivity index (χ2n) is 12.2. The van der Waals surface area contributed by atoms with Gasteiger partial charge in [-0.25, -0.2) is 4.79 Å². The molecule has 0 bridgehead atoms. The Hall–Kier alpha value is -1.61. The van der Waals surface area contributed by atoms with E-state index in [0.29, 0.717) is 19.4 Å². The number of carbonyl (C=O) groups is 4. The summed E-state index contributed by atoms with van der Waals surface area (Å²) in [5.74, 6) is 1.23. The minimum atomic E-state index is -0.642. The van der Waals surface area contributed by atoms with Gasteiger partial charge in [0.25, 0.3) is 0 Å². The highest BCUT2D eigenvalue weighted by molar-refractivity contribution is 7.99. The number of Topliss-reactive ketones (excluding diaryl/α,β-unsaturated/α-hetero) is 2. The summed E-state index contributed by atoms with van der Waals surface area (Å²) >= 11 is 1.72. The summed E-state index contributed by atoms with van der Waals surface area (Å²) in [5.41, 5.74) is -0.958. The monoisotopic (exact) mass is 542 g/mol. The van der Waals surface area contributed by atoms with E-state index in [2.05, 4.69) is 10.6 Å². The third kappa shape index (κ3) is 13.1. The molecule has 1 saturated heterocycles. The molecule has 8 nitrogen and oxygen atoms in total. The largest absolute Gasteiger partial charge is 0.447 e. The van der Waals surface area contributed by atoms with E-state index in [-0.39, 0.29) is 36.1 Å². The van der Waals surface area contributed by atoms with Crippen LogP contribution in [0, 0.1) is 16.7 Å². The molecule has 0 aromatic carbocycles. The molecule has 0 aromatic heterocycles. The molecule has 4 atom stereocenters. The highest BCUT2D eigenvalue weighted by atomic mass is 32.2. The van der Waals surface area contributed by atoms with Crippen LogP contribution in [0.5, 0.6) is 0 Å². The molecule has 0 aliphatic carbocycles. The molecule has 4 unspecified atom stereocenters. The van der Waals surface area contributed by atoms with E-state index in [9.17, 15) is 19.2 Å². The number of thioether (sulfide) groups is 1. The number of carbonyl (C=O) groups excluding carboxylic acids is 4. The van der Waals surface area contributed by atoms with E-state index in [0.717, 1.165) is 37.2 Å². The molecule has 2 N–H and O–H groups in total. The molecule has 37 heavy (non-hydrogen) atoms. The van der Waals surface area contributed by atoms with Crippen LogP contribution in [0.1, 0.15) is 93.9 Å². The number of ketones is 2. The molecule has 214 valence electrons. The quantitative estimate of drug-likeness (QED) is 0.300. The van der Waals surface area contributed by atoms with E-state index in [1.165, 1.54) is 6.92 Å². The zero-order valence-electron chi connectivity index (χ0n) is 24.2. The van der Waals surface area contributed by atoms with Crippen molar-refractivity contribution in [2.24, 2.45) is 16.7 Å². The lowest BCUT2D eigenvalue weighted by Gasteiger charge is -2.32. The maximum Gasteiger partial charge on any atom is 0.407 e. The van der Waals surface area contributed by atoms with E-state index in [1.54, 1.807) is 11.8 Å². The van der Waals surface area contributed by atoms with Gasteiger partial charge in [-0.3, -0.25) is 14.4 Å². The van der Waals surface area contributed by atoms with Crippen molar-refractivity contribution in [3.63, 3.8) is 0 Å². The molecule has 1 heterocycles. The second-order valence-corrected chi connectivity index (χ2v) is 13.5. The number of amides is 2. The average Bonchev–Trinajstić information content (AvgIpc) is 2.80. The number of alkyl carbamates (subject to hydrolysis) is 1. The Morgan fingerprint density at radius 3 is 2.22 bits per heavy atom. The molecule has 2 amide bonds. The van der Waals surface area contributed by atoms with Crippen molar-refractivity contribution < 1.29 is 28.7 Å². The van der Waals surface area contributed by atoms with E-state index < -0.39 is 29.0 Å².